The molecule has 0 radical (unpaired) electrons. The molecular weight excluding hydrogens is 266 g/mol. The van der Waals surface area contributed by atoms with E-state index < -0.39 is 0 Å². The summed E-state index contributed by atoms with van der Waals surface area (Å²) in [6.45, 7) is 1.00. The number of nitriles is 1. The average Bonchev–Trinajstić information content (AvgIpc) is 3.20. The molecule has 1 saturated carbocycles. The number of nitrogens with one attached hydrogen (secondary N) is 2. The van der Waals surface area contributed by atoms with Crippen molar-refractivity contribution < 1.29 is 4.79 Å². The molecule has 1 saturated heterocycles. The first kappa shape index (κ1) is 12.4. The number of fused-ring (bicyclic) bond motifs is 3. The van der Waals surface area contributed by atoms with Crippen molar-refractivity contribution in [1.29, 1.82) is 5.26 Å². The summed E-state index contributed by atoms with van der Waals surface area (Å²) in [5.74, 6) is 0.496. The van der Waals surface area contributed by atoms with E-state index in [1.54, 1.807) is 28.9 Å². The smallest absolute Gasteiger partial charge is 0.251 e. The molecular formula is C15H15N5O. The molecule has 2 aromatic rings. The Balaban J connectivity index is 1.55. The quantitative estimate of drug-likeness (QED) is 0.848. The summed E-state index contributed by atoms with van der Waals surface area (Å²) in [6.07, 6.45) is 5.59. The first-order chi connectivity index (χ1) is 10.2. The molecule has 106 valence electrons. The van der Waals surface area contributed by atoms with Crippen molar-refractivity contribution in [2.45, 2.75) is 24.9 Å². The fraction of sp³-hybridized carbons (Fsp3) is 0.400. The zero-order valence-corrected chi connectivity index (χ0v) is 11.4. The van der Waals surface area contributed by atoms with Gasteiger partial charge in [0.25, 0.3) is 5.91 Å². The minimum absolute atomic E-state index is 0.0587. The van der Waals surface area contributed by atoms with Crippen molar-refractivity contribution in [2.75, 3.05) is 6.54 Å². The summed E-state index contributed by atoms with van der Waals surface area (Å²) in [4.78, 5) is 16.5. The van der Waals surface area contributed by atoms with E-state index in [4.69, 9.17) is 5.26 Å². The standard InChI is InChI=1S/C15H15N5O/c16-6-12-8-20-2-1-9(4-14(20)18-12)15(21)19-13-5-11-3-10(13)7-17-11/h1-2,4,8,10-11,13,17H,3,5,7H2,(H,19,21). The third-order valence-electron chi connectivity index (χ3n) is 4.52. The zero-order valence-electron chi connectivity index (χ0n) is 11.4. The van der Waals surface area contributed by atoms with E-state index in [9.17, 15) is 4.79 Å². The largest absolute Gasteiger partial charge is 0.349 e. The second-order valence-electron chi connectivity index (χ2n) is 5.84. The van der Waals surface area contributed by atoms with E-state index in [0.717, 1.165) is 19.4 Å². The van der Waals surface area contributed by atoms with Crippen molar-refractivity contribution in [3.05, 3.63) is 35.8 Å². The van der Waals surface area contributed by atoms with Crippen LogP contribution in [0.2, 0.25) is 0 Å². The van der Waals surface area contributed by atoms with Crippen molar-refractivity contribution in [3.63, 3.8) is 0 Å². The Morgan fingerprint density at radius 3 is 3.14 bits per heavy atom. The van der Waals surface area contributed by atoms with Crippen molar-refractivity contribution in [3.8, 4) is 6.07 Å². The highest BCUT2D eigenvalue weighted by atomic mass is 16.1. The molecule has 6 nitrogen and oxygen atoms in total. The number of aromatic nitrogens is 2. The van der Waals surface area contributed by atoms with Gasteiger partial charge in [-0.25, -0.2) is 4.98 Å². The SMILES string of the molecule is N#Cc1cn2ccc(C(=O)NC3CC4CC3CN4)cc2n1. The fourth-order valence-electron chi connectivity index (χ4n) is 3.44. The number of carbonyl (C=O) groups excluding carboxylic acids is 1. The lowest BCUT2D eigenvalue weighted by atomic mass is 10.0. The van der Waals surface area contributed by atoms with E-state index in [1.807, 2.05) is 6.07 Å². The summed E-state index contributed by atoms with van der Waals surface area (Å²) in [6, 6.07) is 6.32. The van der Waals surface area contributed by atoms with Crippen LogP contribution in [0.5, 0.6) is 0 Å². The topological polar surface area (TPSA) is 82.2 Å². The lowest BCUT2D eigenvalue weighted by Crippen LogP contribution is -2.44. The van der Waals surface area contributed by atoms with Crippen LogP contribution in [0.25, 0.3) is 5.65 Å². The van der Waals surface area contributed by atoms with E-state index >= 15 is 0 Å². The van der Waals surface area contributed by atoms with E-state index in [1.165, 1.54) is 0 Å². The van der Waals surface area contributed by atoms with Gasteiger partial charge in [0.1, 0.15) is 11.7 Å². The minimum atomic E-state index is -0.0587. The molecule has 4 rings (SSSR count). The number of rotatable bonds is 2. The Labute approximate surface area is 121 Å². The molecule has 21 heavy (non-hydrogen) atoms. The van der Waals surface area contributed by atoms with Crippen LogP contribution in [0.4, 0.5) is 0 Å². The average molecular weight is 281 g/mol. The molecule has 1 aliphatic carbocycles. The number of nitrogens with zero attached hydrogens (tertiary/aromatic N) is 3. The van der Waals surface area contributed by atoms with Crippen LogP contribution in [0.15, 0.2) is 24.5 Å². The maximum atomic E-state index is 12.4. The molecule has 2 N–H and O–H groups in total. The summed E-state index contributed by atoms with van der Waals surface area (Å²) in [7, 11) is 0. The molecule has 2 aromatic heterocycles. The molecule has 3 heterocycles. The van der Waals surface area contributed by atoms with Gasteiger partial charge in [-0.15, -0.1) is 0 Å². The Morgan fingerprint density at radius 1 is 1.52 bits per heavy atom. The Morgan fingerprint density at radius 2 is 2.43 bits per heavy atom. The van der Waals surface area contributed by atoms with Gasteiger partial charge in [0.15, 0.2) is 5.69 Å². The normalized spacial score (nSPS) is 26.9. The molecule has 3 unspecified atom stereocenters. The predicted molar refractivity (Wildman–Crippen MR) is 75.7 cm³/mol. The Bertz CT molecular complexity index is 759. The lowest BCUT2D eigenvalue weighted by molar-refractivity contribution is 0.0925. The van der Waals surface area contributed by atoms with Crippen LogP contribution in [0.3, 0.4) is 0 Å². The summed E-state index contributed by atoms with van der Waals surface area (Å²) in [5.41, 5.74) is 1.56. The summed E-state index contributed by atoms with van der Waals surface area (Å²) < 4.78 is 1.75. The van der Waals surface area contributed by atoms with Crippen molar-refractivity contribution >= 4 is 11.6 Å². The van der Waals surface area contributed by atoms with Gasteiger partial charge in [0.05, 0.1) is 0 Å². The highest BCUT2D eigenvalue weighted by molar-refractivity contribution is 5.95. The monoisotopic (exact) mass is 281 g/mol. The van der Waals surface area contributed by atoms with Crippen LogP contribution in [0.1, 0.15) is 28.9 Å². The fourth-order valence-corrected chi connectivity index (χ4v) is 3.44. The van der Waals surface area contributed by atoms with Crippen LogP contribution >= 0.6 is 0 Å². The van der Waals surface area contributed by atoms with Gasteiger partial charge in [-0.2, -0.15) is 5.26 Å². The van der Waals surface area contributed by atoms with Gasteiger partial charge >= 0.3 is 0 Å². The van der Waals surface area contributed by atoms with Crippen LogP contribution in [-0.4, -0.2) is 33.9 Å². The maximum Gasteiger partial charge on any atom is 0.251 e. The van der Waals surface area contributed by atoms with Crippen LogP contribution in [-0.2, 0) is 0 Å². The van der Waals surface area contributed by atoms with Gasteiger partial charge < -0.3 is 15.0 Å². The molecule has 6 heteroatoms. The van der Waals surface area contributed by atoms with Gasteiger partial charge in [0, 0.05) is 36.6 Å². The maximum absolute atomic E-state index is 12.4. The molecule has 3 atom stereocenters. The zero-order chi connectivity index (χ0) is 14.4. The van der Waals surface area contributed by atoms with Gasteiger partial charge in [-0.1, -0.05) is 0 Å². The lowest BCUT2D eigenvalue weighted by Gasteiger charge is -2.23. The van der Waals surface area contributed by atoms with Crippen molar-refractivity contribution in [1.82, 2.24) is 20.0 Å². The number of pyridine rings is 1. The van der Waals surface area contributed by atoms with Gasteiger partial charge in [-0.05, 0) is 30.9 Å². The summed E-state index contributed by atoms with van der Waals surface area (Å²) in [5, 5.41) is 15.4. The van der Waals surface area contributed by atoms with E-state index in [-0.39, 0.29) is 11.9 Å². The first-order valence-corrected chi connectivity index (χ1v) is 7.16. The van der Waals surface area contributed by atoms with E-state index in [2.05, 4.69) is 15.6 Å². The number of amides is 1. The van der Waals surface area contributed by atoms with Crippen LogP contribution < -0.4 is 10.6 Å². The Kier molecular flexibility index (Phi) is 2.69. The van der Waals surface area contributed by atoms with Gasteiger partial charge in [0.2, 0.25) is 0 Å². The third kappa shape index (κ3) is 2.06. The molecule has 0 spiro atoms. The first-order valence-electron chi connectivity index (χ1n) is 7.16. The molecule has 1 amide bonds. The third-order valence-corrected chi connectivity index (χ3v) is 4.52. The predicted octanol–water partition coefficient (Wildman–Crippen LogP) is 0.686. The number of hydrogen-bond acceptors (Lipinski definition) is 4. The molecule has 2 aliphatic rings. The highest BCUT2D eigenvalue weighted by Gasteiger charge is 2.40. The number of piperidine rings is 1. The Hall–Kier alpha value is -2.39. The van der Waals surface area contributed by atoms with Crippen molar-refractivity contribution in [2.24, 2.45) is 5.92 Å². The van der Waals surface area contributed by atoms with Crippen LogP contribution in [0, 0.1) is 17.2 Å². The number of hydrogen-bond donors (Lipinski definition) is 2. The molecule has 2 fully saturated rings. The summed E-state index contributed by atoms with van der Waals surface area (Å²) >= 11 is 0. The second kappa shape index (κ2) is 4.57. The molecule has 2 bridgehead atoms. The minimum Gasteiger partial charge on any atom is -0.349 e. The number of carbonyl (C=O) groups is 1. The second-order valence-corrected chi connectivity index (χ2v) is 5.84. The number of imidazole rings is 1. The molecule has 0 aromatic carbocycles. The molecule has 1 aliphatic heterocycles. The van der Waals surface area contributed by atoms with E-state index in [0.29, 0.717) is 28.9 Å². The highest BCUT2D eigenvalue weighted by Crippen LogP contribution is 2.31. The van der Waals surface area contributed by atoms with Gasteiger partial charge in [-0.3, -0.25) is 4.79 Å².